The number of ketones is 1. The van der Waals surface area contributed by atoms with E-state index in [9.17, 15) is 19.2 Å². The van der Waals surface area contributed by atoms with Gasteiger partial charge in [0.15, 0.2) is 0 Å². The minimum atomic E-state index is -0.871. The molecule has 182 valence electrons. The van der Waals surface area contributed by atoms with Crippen molar-refractivity contribution in [1.29, 1.82) is 0 Å². The first-order valence-corrected chi connectivity index (χ1v) is 12.5. The van der Waals surface area contributed by atoms with Crippen molar-refractivity contribution in [3.05, 3.63) is 120 Å². The number of hydrogen-bond acceptors (Lipinski definition) is 6. The Labute approximate surface area is 213 Å². The molecule has 0 spiro atoms. The monoisotopic (exact) mass is 499 g/mol. The molecule has 1 unspecified atom stereocenters. The van der Waals surface area contributed by atoms with E-state index in [4.69, 9.17) is 4.84 Å². The molecule has 2 amide bonds. The Balaban J connectivity index is 1.73. The summed E-state index contributed by atoms with van der Waals surface area (Å²) in [5, 5.41) is 0.430. The average molecular weight is 500 g/mol. The summed E-state index contributed by atoms with van der Waals surface area (Å²) < 4.78 is -0.695. The third kappa shape index (κ3) is 5.31. The first-order chi connectivity index (χ1) is 17.4. The molecule has 0 aromatic heterocycles. The van der Waals surface area contributed by atoms with Crippen LogP contribution < -0.4 is 0 Å². The first kappa shape index (κ1) is 25.1. The van der Waals surface area contributed by atoms with Gasteiger partial charge in [-0.1, -0.05) is 96.1 Å². The number of benzene rings is 3. The fraction of sp³-hybridized carbons (Fsp3) is 0.172. The lowest BCUT2D eigenvalue weighted by Crippen LogP contribution is -2.37. The first-order valence-electron chi connectivity index (χ1n) is 11.5. The van der Waals surface area contributed by atoms with E-state index in [0.717, 1.165) is 28.8 Å². The summed E-state index contributed by atoms with van der Waals surface area (Å²) in [6.07, 6.45) is 2.00. The summed E-state index contributed by atoms with van der Waals surface area (Å²) >= 11 is 1.51. The Morgan fingerprint density at radius 3 is 1.58 bits per heavy atom. The van der Waals surface area contributed by atoms with Crippen LogP contribution in [-0.4, -0.2) is 34.4 Å². The molecule has 0 fully saturated rings. The fourth-order valence-electron chi connectivity index (χ4n) is 4.19. The predicted molar refractivity (Wildman–Crippen MR) is 138 cm³/mol. The summed E-state index contributed by atoms with van der Waals surface area (Å²) in [7, 11) is 0. The lowest BCUT2D eigenvalue weighted by Gasteiger charge is -2.36. The van der Waals surface area contributed by atoms with E-state index >= 15 is 0 Å². The molecule has 1 aliphatic rings. The number of imide groups is 1. The third-order valence-electron chi connectivity index (χ3n) is 5.86. The number of Topliss-reactive ketones (excluding diaryl/α,β-unsaturated/α-hetero) is 1. The molecule has 36 heavy (non-hydrogen) atoms. The number of thioether (sulfide) groups is 1. The Morgan fingerprint density at radius 2 is 1.19 bits per heavy atom. The molecule has 1 heterocycles. The molecule has 0 saturated heterocycles. The topological polar surface area (TPSA) is 80.8 Å². The lowest BCUT2D eigenvalue weighted by molar-refractivity contribution is -0.199. The highest BCUT2D eigenvalue weighted by molar-refractivity contribution is 8.00. The molecule has 0 bridgehead atoms. The van der Waals surface area contributed by atoms with Crippen LogP contribution in [0.1, 0.15) is 30.0 Å². The van der Waals surface area contributed by atoms with Gasteiger partial charge in [0.1, 0.15) is 5.78 Å². The van der Waals surface area contributed by atoms with Gasteiger partial charge in [-0.05, 0) is 23.6 Å². The van der Waals surface area contributed by atoms with Gasteiger partial charge >= 0.3 is 5.97 Å². The molecule has 3 aromatic rings. The maximum absolute atomic E-state index is 13.1. The quantitative estimate of drug-likeness (QED) is 0.297. The third-order valence-corrected chi connectivity index (χ3v) is 7.57. The molecule has 1 atom stereocenters. The molecular formula is C29H25NO5S. The van der Waals surface area contributed by atoms with Crippen molar-refractivity contribution in [2.75, 3.05) is 5.75 Å². The second-order valence-electron chi connectivity index (χ2n) is 8.41. The summed E-state index contributed by atoms with van der Waals surface area (Å²) in [5.74, 6) is -3.11. The van der Waals surface area contributed by atoms with Crippen LogP contribution in [0.4, 0.5) is 0 Å². The van der Waals surface area contributed by atoms with Crippen molar-refractivity contribution in [2.24, 2.45) is 5.92 Å². The van der Waals surface area contributed by atoms with E-state index < -0.39 is 28.4 Å². The van der Waals surface area contributed by atoms with Gasteiger partial charge in [0, 0.05) is 24.3 Å². The molecule has 0 radical (unpaired) electrons. The number of amides is 2. The number of hydroxylamine groups is 2. The van der Waals surface area contributed by atoms with Crippen molar-refractivity contribution >= 4 is 35.3 Å². The van der Waals surface area contributed by atoms with E-state index in [-0.39, 0.29) is 18.0 Å². The summed E-state index contributed by atoms with van der Waals surface area (Å²) in [5.41, 5.74) is 3.03. The normalized spacial score (nSPS) is 14.1. The summed E-state index contributed by atoms with van der Waals surface area (Å²) in [4.78, 5) is 54.1. The zero-order chi connectivity index (χ0) is 25.5. The molecule has 4 rings (SSSR count). The molecule has 0 N–H and O–H groups in total. The van der Waals surface area contributed by atoms with Crippen molar-refractivity contribution in [2.45, 2.75) is 18.1 Å². The van der Waals surface area contributed by atoms with Gasteiger partial charge in [-0.3, -0.25) is 9.59 Å². The van der Waals surface area contributed by atoms with Crippen molar-refractivity contribution in [1.82, 2.24) is 5.06 Å². The molecule has 6 nitrogen and oxygen atoms in total. The largest absolute Gasteiger partial charge is 0.337 e. The molecule has 1 aliphatic heterocycles. The van der Waals surface area contributed by atoms with E-state index in [1.807, 2.05) is 91.0 Å². The zero-order valence-electron chi connectivity index (χ0n) is 19.7. The van der Waals surface area contributed by atoms with Crippen molar-refractivity contribution < 1.29 is 24.0 Å². The van der Waals surface area contributed by atoms with Crippen LogP contribution in [-0.2, 0) is 28.8 Å². The molecule has 7 heteroatoms. The Kier molecular flexibility index (Phi) is 7.80. The number of rotatable bonds is 10. The van der Waals surface area contributed by atoms with Crippen LogP contribution in [0.3, 0.4) is 0 Å². The highest BCUT2D eigenvalue weighted by atomic mass is 32.2. The van der Waals surface area contributed by atoms with Crippen molar-refractivity contribution in [3.8, 4) is 0 Å². The van der Waals surface area contributed by atoms with Gasteiger partial charge in [0.2, 0.25) is 0 Å². The van der Waals surface area contributed by atoms with E-state index in [0.29, 0.717) is 5.06 Å². The van der Waals surface area contributed by atoms with Gasteiger partial charge in [-0.25, -0.2) is 4.79 Å². The van der Waals surface area contributed by atoms with E-state index in [1.165, 1.54) is 18.7 Å². The van der Waals surface area contributed by atoms with Gasteiger partial charge in [0.05, 0.1) is 10.7 Å². The summed E-state index contributed by atoms with van der Waals surface area (Å²) in [6, 6.07) is 29.9. The second kappa shape index (κ2) is 11.2. The Morgan fingerprint density at radius 1 is 0.778 bits per heavy atom. The highest BCUT2D eigenvalue weighted by Crippen LogP contribution is 2.49. The van der Waals surface area contributed by atoms with Crippen LogP contribution in [0.2, 0.25) is 0 Å². The van der Waals surface area contributed by atoms with Crippen LogP contribution in [0.25, 0.3) is 0 Å². The number of carbonyl (C=O) groups is 4. The standard InChI is InChI=1S/C29H25NO5S/c1-21(31)19-22(28(34)35-30-26(32)17-18-27(30)33)20-36-29(23-11-5-2-6-12-23,24-13-7-3-8-14-24)25-15-9-4-10-16-25/h2-18,22H,19-20H2,1H3. The van der Waals surface area contributed by atoms with Crippen LogP contribution in [0.5, 0.6) is 0 Å². The molecule has 3 aromatic carbocycles. The molecule has 0 aliphatic carbocycles. The number of hydrogen-bond donors (Lipinski definition) is 0. The Bertz CT molecular complexity index is 1160. The predicted octanol–water partition coefficient (Wildman–Crippen LogP) is 4.69. The molecule has 0 saturated carbocycles. The Hall–Kier alpha value is -3.97. The fourth-order valence-corrected chi connectivity index (χ4v) is 5.81. The number of nitrogens with zero attached hydrogens (tertiary/aromatic N) is 1. The van der Waals surface area contributed by atoms with E-state index in [1.54, 1.807) is 0 Å². The van der Waals surface area contributed by atoms with Crippen LogP contribution in [0.15, 0.2) is 103 Å². The van der Waals surface area contributed by atoms with Gasteiger partial charge < -0.3 is 9.63 Å². The van der Waals surface area contributed by atoms with E-state index in [2.05, 4.69) is 0 Å². The van der Waals surface area contributed by atoms with Crippen molar-refractivity contribution in [3.63, 3.8) is 0 Å². The smallest absolute Gasteiger partial charge is 0.329 e. The zero-order valence-corrected chi connectivity index (χ0v) is 20.5. The maximum Gasteiger partial charge on any atom is 0.337 e. The number of carbonyl (C=O) groups excluding carboxylic acids is 4. The minimum Gasteiger partial charge on any atom is -0.329 e. The van der Waals surface area contributed by atoms with Crippen LogP contribution >= 0.6 is 11.8 Å². The lowest BCUT2D eigenvalue weighted by atomic mass is 9.84. The SMILES string of the molecule is CC(=O)CC(CSC(c1ccccc1)(c1ccccc1)c1ccccc1)C(=O)ON1C(=O)C=CC1=O. The van der Waals surface area contributed by atoms with Gasteiger partial charge in [-0.15, -0.1) is 11.8 Å². The molecular weight excluding hydrogens is 474 g/mol. The van der Waals surface area contributed by atoms with Gasteiger partial charge in [0.25, 0.3) is 11.8 Å². The minimum absolute atomic E-state index is 0.0794. The summed E-state index contributed by atoms with van der Waals surface area (Å²) in [6.45, 7) is 1.40. The average Bonchev–Trinajstić information content (AvgIpc) is 3.22. The highest BCUT2D eigenvalue weighted by Gasteiger charge is 2.39. The maximum atomic E-state index is 13.1. The van der Waals surface area contributed by atoms with Crippen LogP contribution in [0, 0.1) is 5.92 Å². The van der Waals surface area contributed by atoms with Gasteiger partial charge in [-0.2, -0.15) is 0 Å². The second-order valence-corrected chi connectivity index (χ2v) is 9.64.